The van der Waals surface area contributed by atoms with Crippen LogP contribution in [0.3, 0.4) is 0 Å². The van der Waals surface area contributed by atoms with Crippen LogP contribution in [0.5, 0.6) is 17.2 Å². The Kier molecular flexibility index (Phi) is 14.6. The number of rotatable bonds is 17. The second-order valence-corrected chi connectivity index (χ2v) is 18.5. The number of para-hydroxylation sites is 1. The van der Waals surface area contributed by atoms with Crippen LogP contribution in [0.15, 0.2) is 114 Å². The van der Waals surface area contributed by atoms with Gasteiger partial charge in [0.1, 0.15) is 29.5 Å². The summed E-state index contributed by atoms with van der Waals surface area (Å²) < 4.78 is 47.3. The van der Waals surface area contributed by atoms with E-state index >= 15 is 0 Å². The number of nitro benzene ring substituents is 1. The maximum absolute atomic E-state index is 13.8. The van der Waals surface area contributed by atoms with Crippen LogP contribution in [0.25, 0.3) is 11.1 Å². The third-order valence-electron chi connectivity index (χ3n) is 12.0. The number of carbonyl (C=O) groups excluding carboxylic acids is 1. The molecule has 0 spiro atoms. The van der Waals surface area contributed by atoms with Crippen LogP contribution in [0, 0.1) is 16.0 Å². The van der Waals surface area contributed by atoms with Gasteiger partial charge in [0.05, 0.1) is 15.4 Å². The van der Waals surface area contributed by atoms with Gasteiger partial charge in [0, 0.05) is 81.9 Å². The van der Waals surface area contributed by atoms with Crippen LogP contribution < -0.4 is 24.4 Å². The van der Waals surface area contributed by atoms with E-state index < -0.39 is 31.4 Å². The first kappa shape index (κ1) is 44.9. The van der Waals surface area contributed by atoms with Crippen molar-refractivity contribution in [2.24, 2.45) is 5.92 Å². The average Bonchev–Trinajstić information content (AvgIpc) is 3.83. The molecule has 64 heavy (non-hydrogen) atoms. The Bertz CT molecular complexity index is 2510. The van der Waals surface area contributed by atoms with Gasteiger partial charge in [-0.2, -0.15) is 0 Å². The zero-order chi connectivity index (χ0) is 44.5. The first-order valence-corrected chi connectivity index (χ1v) is 23.7. The Morgan fingerprint density at radius 3 is 2.31 bits per heavy atom. The summed E-state index contributed by atoms with van der Waals surface area (Å²) in [5, 5.41) is 15.8. The van der Waals surface area contributed by atoms with Crippen molar-refractivity contribution in [2.75, 3.05) is 82.4 Å². The zero-order valence-corrected chi connectivity index (χ0v) is 37.2. The molecule has 2 N–H and O–H groups in total. The number of nitro groups is 1. The Morgan fingerprint density at radius 1 is 0.828 bits per heavy atom. The predicted molar refractivity (Wildman–Crippen MR) is 248 cm³/mol. The molecule has 0 aromatic heterocycles. The normalized spacial score (nSPS) is 16.4. The number of ether oxygens (including phenoxy) is 3. The third kappa shape index (κ3) is 11.5. The lowest BCUT2D eigenvalue weighted by Gasteiger charge is -2.36. The van der Waals surface area contributed by atoms with E-state index in [1.54, 1.807) is 42.5 Å². The van der Waals surface area contributed by atoms with Crippen LogP contribution in [-0.4, -0.2) is 101 Å². The lowest BCUT2D eigenvalue weighted by molar-refractivity contribution is -0.384. The highest BCUT2D eigenvalue weighted by atomic mass is 35.5. The number of halogens is 1. The molecule has 0 atom stereocenters. The number of benzene rings is 5. The first-order valence-electron chi connectivity index (χ1n) is 21.8. The van der Waals surface area contributed by atoms with Gasteiger partial charge < -0.3 is 24.4 Å². The van der Waals surface area contributed by atoms with Gasteiger partial charge in [-0.25, -0.2) is 13.1 Å². The van der Waals surface area contributed by atoms with Crippen LogP contribution in [0.4, 0.5) is 17.1 Å². The summed E-state index contributed by atoms with van der Waals surface area (Å²) in [6.45, 7) is 9.14. The monoisotopic (exact) mass is 908 g/mol. The number of nitrogens with one attached hydrogen (secondary N) is 2. The lowest BCUT2D eigenvalue weighted by atomic mass is 9.98. The van der Waals surface area contributed by atoms with Gasteiger partial charge in [0.2, 0.25) is 0 Å². The van der Waals surface area contributed by atoms with Crippen LogP contribution in [-0.2, 0) is 21.3 Å². The fraction of sp³-hybridized carbons (Fsp3) is 0.354. The van der Waals surface area contributed by atoms with Crippen LogP contribution in [0.1, 0.15) is 41.6 Å². The third-order valence-corrected chi connectivity index (χ3v) is 13.6. The highest BCUT2D eigenvalue weighted by molar-refractivity contribution is 7.90. The predicted octanol–water partition coefficient (Wildman–Crippen LogP) is 8.46. The maximum atomic E-state index is 13.8. The molecule has 3 aliphatic rings. The van der Waals surface area contributed by atoms with E-state index in [0.29, 0.717) is 56.8 Å². The summed E-state index contributed by atoms with van der Waals surface area (Å²) >= 11 is 6.25. The number of carbonyl (C=O) groups is 1. The van der Waals surface area contributed by atoms with Crippen molar-refractivity contribution in [1.29, 1.82) is 0 Å². The number of hydrogen-bond donors (Lipinski definition) is 2. The molecule has 3 fully saturated rings. The highest BCUT2D eigenvalue weighted by Crippen LogP contribution is 2.34. The van der Waals surface area contributed by atoms with E-state index in [-0.39, 0.29) is 22.9 Å². The molecule has 14 nitrogen and oxygen atoms in total. The second-order valence-electron chi connectivity index (χ2n) is 16.4. The fourth-order valence-corrected chi connectivity index (χ4v) is 9.53. The number of anilines is 2. The van der Waals surface area contributed by atoms with Gasteiger partial charge in [0.15, 0.2) is 0 Å². The summed E-state index contributed by atoms with van der Waals surface area (Å²) in [5.74, 6) is 0.802. The van der Waals surface area contributed by atoms with Crippen LogP contribution >= 0.6 is 11.6 Å². The molecule has 3 saturated heterocycles. The van der Waals surface area contributed by atoms with Gasteiger partial charge >= 0.3 is 0 Å². The molecule has 1 amide bonds. The summed E-state index contributed by atoms with van der Waals surface area (Å²) in [6, 6.07) is 31.8. The van der Waals surface area contributed by atoms with Crippen molar-refractivity contribution in [1.82, 2.24) is 14.5 Å². The minimum absolute atomic E-state index is 0.0173. The quantitative estimate of drug-likeness (QED) is 0.0679. The SMILES string of the molecule is O=C(NS(=O)(=O)c1ccc(NCC2CCOCC2)c([N+](=O)[O-])c1)c1ccc(N2CCN(Cc3cc(OCCN4CCCC4)ccc3-c3ccc(Cl)cc3)CC2)cc1Oc1ccccc1. The molecule has 0 bridgehead atoms. The number of likely N-dealkylation sites (tertiary alicyclic amines) is 1. The molecule has 0 unspecified atom stereocenters. The highest BCUT2D eigenvalue weighted by Gasteiger charge is 2.27. The summed E-state index contributed by atoms with van der Waals surface area (Å²) in [7, 11) is -4.54. The van der Waals surface area contributed by atoms with E-state index in [1.807, 2.05) is 36.4 Å². The molecular formula is C48H53ClN6O8S. The summed E-state index contributed by atoms with van der Waals surface area (Å²) in [4.78, 5) is 31.9. The lowest BCUT2D eigenvalue weighted by Crippen LogP contribution is -2.46. The van der Waals surface area contributed by atoms with Crippen molar-refractivity contribution in [2.45, 2.75) is 37.1 Å². The number of sulfonamides is 1. The zero-order valence-electron chi connectivity index (χ0n) is 35.6. The Labute approximate surface area is 379 Å². The van der Waals surface area contributed by atoms with Gasteiger partial charge in [0.25, 0.3) is 21.6 Å². The second kappa shape index (κ2) is 20.9. The molecule has 5 aromatic rings. The maximum Gasteiger partial charge on any atom is 0.293 e. The van der Waals surface area contributed by atoms with E-state index in [9.17, 15) is 23.3 Å². The Morgan fingerprint density at radius 2 is 1.58 bits per heavy atom. The molecule has 336 valence electrons. The van der Waals surface area contributed by atoms with Crippen molar-refractivity contribution < 1.29 is 32.3 Å². The summed E-state index contributed by atoms with van der Waals surface area (Å²) in [6.07, 6.45) is 4.14. The van der Waals surface area contributed by atoms with Crippen molar-refractivity contribution in [3.8, 4) is 28.4 Å². The van der Waals surface area contributed by atoms with E-state index in [1.165, 1.54) is 25.0 Å². The van der Waals surface area contributed by atoms with Crippen molar-refractivity contribution in [3.63, 3.8) is 0 Å². The van der Waals surface area contributed by atoms with Crippen molar-refractivity contribution >= 4 is 44.6 Å². The largest absolute Gasteiger partial charge is 0.492 e. The molecule has 0 aliphatic carbocycles. The molecule has 0 radical (unpaired) electrons. The number of hydrogen-bond acceptors (Lipinski definition) is 12. The molecule has 5 aromatic carbocycles. The molecule has 3 aliphatic heterocycles. The number of amides is 1. The molecule has 8 rings (SSSR count). The number of nitrogens with zero attached hydrogens (tertiary/aromatic N) is 4. The first-order chi connectivity index (χ1) is 31.1. The average molecular weight is 910 g/mol. The van der Waals surface area contributed by atoms with E-state index in [4.69, 9.17) is 25.8 Å². The van der Waals surface area contributed by atoms with E-state index in [0.717, 1.165) is 79.8 Å². The molecule has 16 heteroatoms. The minimum Gasteiger partial charge on any atom is -0.492 e. The Balaban J connectivity index is 0.961. The van der Waals surface area contributed by atoms with Gasteiger partial charge in [-0.05, 0) is 122 Å². The van der Waals surface area contributed by atoms with Gasteiger partial charge in [-0.1, -0.05) is 48.0 Å². The standard InChI is InChI=1S/C48H53ClN6O8S/c49-38-10-8-36(9-11-38)43-16-13-41(62-29-26-52-20-4-5-21-52)30-37(43)34-53-22-24-54(25-23-53)39-12-15-44(47(31-39)63-40-6-2-1-3-7-40)48(56)51-64(59,60)42-14-17-45(46(32-42)55(57)58)50-33-35-18-27-61-28-19-35/h1-3,6-17,30-32,35,50H,4-5,18-29,33-34H2,(H,51,56). The number of piperazine rings is 1. The van der Waals surface area contributed by atoms with Crippen LogP contribution in [0.2, 0.25) is 5.02 Å². The fourth-order valence-electron chi connectivity index (χ4n) is 8.42. The van der Waals surface area contributed by atoms with Gasteiger partial charge in [-0.3, -0.25) is 24.7 Å². The van der Waals surface area contributed by atoms with Gasteiger partial charge in [-0.15, -0.1) is 0 Å². The minimum atomic E-state index is -4.54. The molecule has 0 saturated carbocycles. The molecule has 3 heterocycles. The Hall–Kier alpha value is -5.71. The van der Waals surface area contributed by atoms with Crippen molar-refractivity contribution in [3.05, 3.63) is 135 Å². The summed E-state index contributed by atoms with van der Waals surface area (Å²) in [5.41, 5.74) is 3.94. The topological polar surface area (TPSA) is 156 Å². The molecular weight excluding hydrogens is 856 g/mol. The van der Waals surface area contributed by atoms with E-state index in [2.05, 4.69) is 36.9 Å². The smallest absolute Gasteiger partial charge is 0.293 e.